The van der Waals surface area contributed by atoms with Crippen LogP contribution in [0, 0.1) is 0 Å². The Morgan fingerprint density at radius 2 is 1.51 bits per heavy atom. The van der Waals surface area contributed by atoms with E-state index in [0.29, 0.717) is 36.8 Å². The number of anilines is 1. The molecule has 0 aliphatic carbocycles. The molecule has 0 aromatic heterocycles. The van der Waals surface area contributed by atoms with Crippen LogP contribution in [0.25, 0.3) is 0 Å². The molecule has 1 atom stereocenters. The summed E-state index contributed by atoms with van der Waals surface area (Å²) in [7, 11) is 4.09. The average Bonchev–Trinajstić information content (AvgIpc) is 3.01. The van der Waals surface area contributed by atoms with Gasteiger partial charge >= 0.3 is 5.97 Å². The highest BCUT2D eigenvalue weighted by molar-refractivity contribution is 6.30. The molecule has 0 spiro atoms. The molecule has 236 valence electrons. The largest absolute Gasteiger partial charge is 0.491 e. The number of halogens is 1. The van der Waals surface area contributed by atoms with Crippen LogP contribution in [0.4, 0.5) is 5.69 Å². The highest BCUT2D eigenvalue weighted by Crippen LogP contribution is 2.34. The number of unbranched alkanes of at least 4 members (excludes halogenated alkanes) is 1. The highest BCUT2D eigenvalue weighted by Gasteiger charge is 2.29. The lowest BCUT2D eigenvalue weighted by molar-refractivity contribution is -0.0101. The van der Waals surface area contributed by atoms with E-state index in [-0.39, 0.29) is 5.97 Å². The number of esters is 1. The molecule has 7 nitrogen and oxygen atoms in total. The van der Waals surface area contributed by atoms with Gasteiger partial charge in [-0.2, -0.15) is 0 Å². The van der Waals surface area contributed by atoms with Crippen molar-refractivity contribution in [2.45, 2.75) is 46.1 Å². The van der Waals surface area contributed by atoms with Gasteiger partial charge in [-0.3, -0.25) is 0 Å². The van der Waals surface area contributed by atoms with Gasteiger partial charge in [0.2, 0.25) is 0 Å². The quantitative estimate of drug-likeness (QED) is 0.105. The number of rotatable bonds is 16. The minimum atomic E-state index is -0.470. The van der Waals surface area contributed by atoms with Gasteiger partial charge in [0.25, 0.3) is 0 Å². The molecule has 43 heavy (non-hydrogen) atoms. The second kappa shape index (κ2) is 19.2. The number of nitrogen functional groups attached to an aromatic ring is 1. The van der Waals surface area contributed by atoms with Crippen LogP contribution in [0.2, 0.25) is 5.02 Å². The van der Waals surface area contributed by atoms with Crippen molar-refractivity contribution in [3.05, 3.63) is 94.5 Å². The number of ether oxygens (including phenoxy) is 3. The van der Waals surface area contributed by atoms with E-state index in [9.17, 15) is 4.79 Å². The van der Waals surface area contributed by atoms with E-state index in [2.05, 4.69) is 49.6 Å². The molecule has 0 heterocycles. The third-order valence-electron chi connectivity index (χ3n) is 7.19. The summed E-state index contributed by atoms with van der Waals surface area (Å²) in [6, 6.07) is 23.2. The number of nitrogens with two attached hydrogens (primary N) is 1. The van der Waals surface area contributed by atoms with Crippen molar-refractivity contribution >= 4 is 23.3 Å². The Labute approximate surface area is 263 Å². The van der Waals surface area contributed by atoms with Crippen LogP contribution in [0.3, 0.4) is 0 Å². The first-order valence-corrected chi connectivity index (χ1v) is 15.5. The predicted molar refractivity (Wildman–Crippen MR) is 178 cm³/mol. The van der Waals surface area contributed by atoms with Crippen molar-refractivity contribution in [2.75, 3.05) is 65.8 Å². The van der Waals surface area contributed by atoms with Crippen LogP contribution < -0.4 is 10.5 Å². The van der Waals surface area contributed by atoms with Crippen molar-refractivity contribution < 1.29 is 19.0 Å². The van der Waals surface area contributed by atoms with E-state index in [1.54, 1.807) is 18.2 Å². The van der Waals surface area contributed by atoms with Crippen molar-refractivity contribution in [3.8, 4) is 5.75 Å². The van der Waals surface area contributed by atoms with Crippen LogP contribution in [0.15, 0.2) is 72.8 Å². The Bertz CT molecular complexity index is 1200. The average molecular weight is 612 g/mol. The highest BCUT2D eigenvalue weighted by atomic mass is 35.5. The van der Waals surface area contributed by atoms with Gasteiger partial charge in [0.05, 0.1) is 24.5 Å². The molecular formula is C35H50ClN3O4. The van der Waals surface area contributed by atoms with E-state index < -0.39 is 5.60 Å². The fourth-order valence-corrected chi connectivity index (χ4v) is 4.42. The Hall–Kier alpha value is -3.10. The van der Waals surface area contributed by atoms with Gasteiger partial charge in [-0.25, -0.2) is 4.79 Å². The zero-order valence-corrected chi connectivity index (χ0v) is 27.5. The Morgan fingerprint density at radius 1 is 0.860 bits per heavy atom. The maximum absolute atomic E-state index is 12.1. The summed E-state index contributed by atoms with van der Waals surface area (Å²) in [4.78, 5) is 16.4. The summed E-state index contributed by atoms with van der Waals surface area (Å²) in [5, 5.41) is 0.738. The van der Waals surface area contributed by atoms with Crippen molar-refractivity contribution in [1.29, 1.82) is 0 Å². The Balaban J connectivity index is 0.000000300. The van der Waals surface area contributed by atoms with Gasteiger partial charge in [0.15, 0.2) is 0 Å². The molecule has 8 heteroatoms. The summed E-state index contributed by atoms with van der Waals surface area (Å²) < 4.78 is 17.2. The summed E-state index contributed by atoms with van der Waals surface area (Å²) in [5.41, 5.74) is 8.66. The fourth-order valence-electron chi connectivity index (χ4n) is 4.29. The third-order valence-corrected chi connectivity index (χ3v) is 7.44. The zero-order valence-electron chi connectivity index (χ0n) is 26.8. The van der Waals surface area contributed by atoms with E-state index in [1.807, 2.05) is 56.6 Å². The Morgan fingerprint density at radius 3 is 2.12 bits per heavy atom. The lowest BCUT2D eigenvalue weighted by Crippen LogP contribution is -2.31. The van der Waals surface area contributed by atoms with Crippen molar-refractivity contribution in [1.82, 2.24) is 9.80 Å². The third kappa shape index (κ3) is 12.2. The van der Waals surface area contributed by atoms with Gasteiger partial charge < -0.3 is 29.7 Å². The maximum atomic E-state index is 12.1. The Kier molecular flexibility index (Phi) is 16.1. The molecule has 0 aliphatic heterocycles. The first kappa shape index (κ1) is 36.1. The number of carbonyl (C=O) groups is 1. The lowest BCUT2D eigenvalue weighted by Gasteiger charge is -2.32. The van der Waals surface area contributed by atoms with Crippen LogP contribution >= 0.6 is 11.6 Å². The first-order valence-electron chi connectivity index (χ1n) is 15.2. The summed E-state index contributed by atoms with van der Waals surface area (Å²) in [6.07, 6.45) is 2.00. The molecule has 0 fully saturated rings. The molecule has 0 saturated heterocycles. The zero-order chi connectivity index (χ0) is 31.7. The summed E-state index contributed by atoms with van der Waals surface area (Å²) >= 11 is 6.01. The fraction of sp³-hybridized carbons (Fsp3) is 0.457. The van der Waals surface area contributed by atoms with Gasteiger partial charge in [-0.1, -0.05) is 81.3 Å². The molecule has 3 aromatic rings. The molecule has 1 unspecified atom stereocenters. The molecule has 0 saturated carbocycles. The van der Waals surface area contributed by atoms with Gasteiger partial charge in [0.1, 0.15) is 18.0 Å². The normalized spacial score (nSPS) is 12.4. The number of hydrogen-bond acceptors (Lipinski definition) is 7. The van der Waals surface area contributed by atoms with Crippen LogP contribution in [-0.4, -0.2) is 75.9 Å². The first-order chi connectivity index (χ1) is 20.6. The van der Waals surface area contributed by atoms with Crippen molar-refractivity contribution in [2.24, 2.45) is 0 Å². The van der Waals surface area contributed by atoms with Crippen LogP contribution in [0.1, 0.15) is 62.0 Å². The molecule has 0 bridgehead atoms. The monoisotopic (exact) mass is 611 g/mol. The minimum Gasteiger partial charge on any atom is -0.491 e. The summed E-state index contributed by atoms with van der Waals surface area (Å²) in [5.74, 6) is 0.208. The summed E-state index contributed by atoms with van der Waals surface area (Å²) in [6.45, 7) is 13.6. The molecule has 0 amide bonds. The molecule has 0 radical (unpaired) electrons. The number of nitrogens with zero attached hydrogens (tertiary/aromatic N) is 2. The van der Waals surface area contributed by atoms with Gasteiger partial charge in [-0.05, 0) is 82.0 Å². The SMILES string of the molecule is CCCCOc1cc(C(=O)OCCN(CC)CC)ccc1N.CN(C)CCOC(C)(c1ccccc1)c1ccc(Cl)cc1. The van der Waals surface area contributed by atoms with Gasteiger partial charge in [0, 0.05) is 18.1 Å². The number of hydrogen-bond donors (Lipinski definition) is 1. The molecule has 2 N–H and O–H groups in total. The predicted octanol–water partition coefficient (Wildman–Crippen LogP) is 7.13. The molecule has 3 rings (SSSR count). The van der Waals surface area contributed by atoms with Gasteiger partial charge in [-0.15, -0.1) is 0 Å². The van der Waals surface area contributed by atoms with E-state index in [1.165, 1.54) is 0 Å². The van der Waals surface area contributed by atoms with E-state index >= 15 is 0 Å². The maximum Gasteiger partial charge on any atom is 0.338 e. The van der Waals surface area contributed by atoms with Crippen molar-refractivity contribution in [3.63, 3.8) is 0 Å². The molecule has 0 aliphatic rings. The minimum absolute atomic E-state index is 0.340. The van der Waals surface area contributed by atoms with E-state index in [4.69, 9.17) is 31.5 Å². The number of likely N-dealkylation sites (N-methyl/N-ethyl adjacent to an activating group) is 2. The smallest absolute Gasteiger partial charge is 0.338 e. The molecular weight excluding hydrogens is 562 g/mol. The second-order valence-corrected chi connectivity index (χ2v) is 11.1. The lowest BCUT2D eigenvalue weighted by atomic mass is 9.88. The molecule has 3 aromatic carbocycles. The number of carbonyl (C=O) groups excluding carboxylic acids is 1. The standard InChI is InChI=1S/C18H22ClNO.C17H28N2O3/c1-18(21-14-13-20(2)3,15-7-5-4-6-8-15)16-9-11-17(19)12-10-16;1-4-7-11-21-16-13-14(8-9-15(16)18)17(20)22-12-10-19(5-2)6-3/h4-12H,13-14H2,1-3H3;8-9,13H,4-7,10-12,18H2,1-3H3. The van der Waals surface area contributed by atoms with Crippen LogP contribution in [0.5, 0.6) is 5.75 Å². The second-order valence-electron chi connectivity index (χ2n) is 10.7. The topological polar surface area (TPSA) is 77.3 Å². The number of benzene rings is 3. The van der Waals surface area contributed by atoms with Crippen LogP contribution in [-0.2, 0) is 15.1 Å². The van der Waals surface area contributed by atoms with E-state index in [0.717, 1.165) is 55.2 Å².